The number of piperazine rings is 1. The summed E-state index contributed by atoms with van der Waals surface area (Å²) in [5.41, 5.74) is 1.20. The Morgan fingerprint density at radius 1 is 1.30 bits per heavy atom. The molecule has 5 nitrogen and oxygen atoms in total. The summed E-state index contributed by atoms with van der Waals surface area (Å²) in [7, 11) is 0. The van der Waals surface area contributed by atoms with Crippen LogP contribution in [-0.4, -0.2) is 47.0 Å². The van der Waals surface area contributed by atoms with Gasteiger partial charge in [0.2, 0.25) is 0 Å². The highest BCUT2D eigenvalue weighted by atomic mass is 35.5. The van der Waals surface area contributed by atoms with Gasteiger partial charge in [-0.05, 0) is 25.1 Å². The van der Waals surface area contributed by atoms with Gasteiger partial charge in [-0.25, -0.2) is 4.39 Å². The lowest BCUT2D eigenvalue weighted by molar-refractivity contribution is 0.0617. The van der Waals surface area contributed by atoms with Crippen LogP contribution in [0.25, 0.3) is 0 Å². The van der Waals surface area contributed by atoms with Crippen molar-refractivity contribution >= 4 is 17.5 Å². The molecule has 0 unspecified atom stereocenters. The van der Waals surface area contributed by atoms with E-state index in [2.05, 4.69) is 10.1 Å². The minimum absolute atomic E-state index is 0.148. The standard InChI is InChI=1S/C16H17ClFN3O2/c1-11-8-13(23-19-11)10-20-4-6-21(7-5-20)16(22)14-3-2-12(18)9-15(14)17/h2-3,8-9H,4-7,10H2,1H3. The first-order chi connectivity index (χ1) is 11.0. The molecule has 23 heavy (non-hydrogen) atoms. The summed E-state index contributed by atoms with van der Waals surface area (Å²) < 4.78 is 18.3. The molecule has 0 N–H and O–H groups in total. The molecule has 0 radical (unpaired) electrons. The third kappa shape index (κ3) is 3.71. The molecule has 1 aliphatic heterocycles. The molecule has 1 amide bonds. The molecule has 1 aliphatic rings. The predicted octanol–water partition coefficient (Wildman–Crippen LogP) is 2.73. The van der Waals surface area contributed by atoms with Crippen LogP contribution in [0.5, 0.6) is 0 Å². The van der Waals surface area contributed by atoms with Gasteiger partial charge in [0.25, 0.3) is 5.91 Å². The second-order valence-corrected chi connectivity index (χ2v) is 6.03. The van der Waals surface area contributed by atoms with Crippen molar-refractivity contribution < 1.29 is 13.7 Å². The summed E-state index contributed by atoms with van der Waals surface area (Å²) in [5, 5.41) is 4.02. The Kier molecular flexibility index (Phi) is 4.63. The second-order valence-electron chi connectivity index (χ2n) is 5.63. The zero-order chi connectivity index (χ0) is 16.4. The minimum Gasteiger partial charge on any atom is -0.360 e. The van der Waals surface area contributed by atoms with Gasteiger partial charge in [-0.15, -0.1) is 0 Å². The van der Waals surface area contributed by atoms with Crippen molar-refractivity contribution in [2.75, 3.05) is 26.2 Å². The van der Waals surface area contributed by atoms with Crippen molar-refractivity contribution in [1.29, 1.82) is 0 Å². The summed E-state index contributed by atoms with van der Waals surface area (Å²) in [6.07, 6.45) is 0. The molecule has 1 fully saturated rings. The van der Waals surface area contributed by atoms with E-state index >= 15 is 0 Å². The van der Waals surface area contributed by atoms with Crippen LogP contribution in [0.4, 0.5) is 4.39 Å². The van der Waals surface area contributed by atoms with Crippen molar-refractivity contribution in [2.45, 2.75) is 13.5 Å². The Labute approximate surface area is 138 Å². The lowest BCUT2D eigenvalue weighted by Crippen LogP contribution is -2.48. The fourth-order valence-corrected chi connectivity index (χ4v) is 2.90. The number of rotatable bonds is 3. The Bertz CT molecular complexity index is 711. The van der Waals surface area contributed by atoms with E-state index in [0.717, 1.165) is 30.6 Å². The van der Waals surface area contributed by atoms with Crippen molar-refractivity contribution in [3.63, 3.8) is 0 Å². The summed E-state index contributed by atoms with van der Waals surface area (Å²) in [5.74, 6) is 0.215. The third-order valence-corrected chi connectivity index (χ3v) is 4.19. The van der Waals surface area contributed by atoms with Gasteiger partial charge in [-0.2, -0.15) is 0 Å². The smallest absolute Gasteiger partial charge is 0.255 e. The van der Waals surface area contributed by atoms with Crippen LogP contribution in [0.2, 0.25) is 5.02 Å². The van der Waals surface area contributed by atoms with E-state index in [-0.39, 0.29) is 10.9 Å². The van der Waals surface area contributed by atoms with Gasteiger partial charge in [-0.3, -0.25) is 9.69 Å². The van der Waals surface area contributed by atoms with Crippen LogP contribution >= 0.6 is 11.6 Å². The van der Waals surface area contributed by atoms with Gasteiger partial charge < -0.3 is 9.42 Å². The first-order valence-electron chi connectivity index (χ1n) is 7.42. The molecular formula is C16H17ClFN3O2. The van der Waals surface area contributed by atoms with Gasteiger partial charge in [0, 0.05) is 32.2 Å². The zero-order valence-corrected chi connectivity index (χ0v) is 13.5. The van der Waals surface area contributed by atoms with Gasteiger partial charge in [0.05, 0.1) is 22.8 Å². The normalized spacial score (nSPS) is 15.9. The van der Waals surface area contributed by atoms with E-state index in [0.29, 0.717) is 25.2 Å². The van der Waals surface area contributed by atoms with Gasteiger partial charge in [0.1, 0.15) is 5.82 Å². The molecule has 2 aromatic rings. The van der Waals surface area contributed by atoms with Crippen molar-refractivity contribution in [1.82, 2.24) is 15.0 Å². The molecule has 1 saturated heterocycles. The van der Waals surface area contributed by atoms with E-state index in [1.807, 2.05) is 13.0 Å². The molecule has 2 heterocycles. The van der Waals surface area contributed by atoms with Crippen LogP contribution < -0.4 is 0 Å². The largest absolute Gasteiger partial charge is 0.360 e. The van der Waals surface area contributed by atoms with Gasteiger partial charge in [0.15, 0.2) is 5.76 Å². The van der Waals surface area contributed by atoms with E-state index in [1.165, 1.54) is 12.1 Å². The number of benzene rings is 1. The fourth-order valence-electron chi connectivity index (χ4n) is 2.65. The average molecular weight is 338 g/mol. The van der Waals surface area contributed by atoms with Gasteiger partial charge in [-0.1, -0.05) is 16.8 Å². The quantitative estimate of drug-likeness (QED) is 0.864. The molecule has 0 bridgehead atoms. The number of carbonyl (C=O) groups is 1. The molecule has 0 spiro atoms. The Hall–Kier alpha value is -1.92. The Morgan fingerprint density at radius 2 is 2.04 bits per heavy atom. The molecule has 3 rings (SSSR count). The Morgan fingerprint density at radius 3 is 2.65 bits per heavy atom. The number of amides is 1. The molecule has 7 heteroatoms. The number of halogens is 2. The van der Waals surface area contributed by atoms with Crippen LogP contribution in [0.3, 0.4) is 0 Å². The van der Waals surface area contributed by atoms with E-state index < -0.39 is 5.82 Å². The van der Waals surface area contributed by atoms with Crippen molar-refractivity contribution in [2.24, 2.45) is 0 Å². The molecule has 1 aromatic heterocycles. The second kappa shape index (κ2) is 6.68. The van der Waals surface area contributed by atoms with E-state index in [4.69, 9.17) is 16.1 Å². The summed E-state index contributed by atoms with van der Waals surface area (Å²) in [4.78, 5) is 16.4. The predicted molar refractivity (Wildman–Crippen MR) is 83.8 cm³/mol. The lowest BCUT2D eigenvalue weighted by atomic mass is 10.1. The lowest BCUT2D eigenvalue weighted by Gasteiger charge is -2.34. The Balaban J connectivity index is 1.59. The van der Waals surface area contributed by atoms with Gasteiger partial charge >= 0.3 is 0 Å². The molecule has 1 aromatic carbocycles. The van der Waals surface area contributed by atoms with Crippen molar-refractivity contribution in [3.05, 3.63) is 52.1 Å². The number of carbonyl (C=O) groups excluding carboxylic acids is 1. The van der Waals surface area contributed by atoms with E-state index in [9.17, 15) is 9.18 Å². The zero-order valence-electron chi connectivity index (χ0n) is 12.8. The third-order valence-electron chi connectivity index (χ3n) is 3.88. The number of nitrogens with zero attached hydrogens (tertiary/aromatic N) is 3. The van der Waals surface area contributed by atoms with Crippen molar-refractivity contribution in [3.8, 4) is 0 Å². The molecule has 0 saturated carbocycles. The molecule has 122 valence electrons. The SMILES string of the molecule is Cc1cc(CN2CCN(C(=O)c3ccc(F)cc3Cl)CC2)on1. The highest BCUT2D eigenvalue weighted by Gasteiger charge is 2.24. The highest BCUT2D eigenvalue weighted by Crippen LogP contribution is 2.20. The summed E-state index contributed by atoms with van der Waals surface area (Å²) in [6.45, 7) is 5.24. The average Bonchev–Trinajstić information content (AvgIpc) is 2.92. The number of aromatic nitrogens is 1. The maximum atomic E-state index is 13.1. The molecule has 0 atom stereocenters. The maximum Gasteiger partial charge on any atom is 0.255 e. The first kappa shape index (κ1) is 16.0. The van der Waals surface area contributed by atoms with Crippen LogP contribution in [0.1, 0.15) is 21.8 Å². The topological polar surface area (TPSA) is 49.6 Å². The van der Waals surface area contributed by atoms with Crippen LogP contribution in [0.15, 0.2) is 28.8 Å². The number of hydrogen-bond acceptors (Lipinski definition) is 4. The highest BCUT2D eigenvalue weighted by molar-refractivity contribution is 6.33. The first-order valence-corrected chi connectivity index (χ1v) is 7.79. The minimum atomic E-state index is -0.446. The number of aryl methyl sites for hydroxylation is 1. The molecule has 0 aliphatic carbocycles. The van der Waals surface area contributed by atoms with E-state index in [1.54, 1.807) is 4.90 Å². The van der Waals surface area contributed by atoms with Crippen LogP contribution in [0, 0.1) is 12.7 Å². The monoisotopic (exact) mass is 337 g/mol. The summed E-state index contributed by atoms with van der Waals surface area (Å²) >= 11 is 5.96. The summed E-state index contributed by atoms with van der Waals surface area (Å²) in [6, 6.07) is 5.76. The molecular weight excluding hydrogens is 321 g/mol. The maximum absolute atomic E-state index is 13.1. The fraction of sp³-hybridized carbons (Fsp3) is 0.375. The van der Waals surface area contributed by atoms with Crippen LogP contribution in [-0.2, 0) is 6.54 Å². The number of hydrogen-bond donors (Lipinski definition) is 0.